The first-order valence-electron chi connectivity index (χ1n) is 7.42. The van der Waals surface area contributed by atoms with Crippen LogP contribution < -0.4 is 5.32 Å². The van der Waals surface area contributed by atoms with Crippen LogP contribution in [0.1, 0.15) is 25.7 Å². The highest BCUT2D eigenvalue weighted by molar-refractivity contribution is 5.85. The van der Waals surface area contributed by atoms with Gasteiger partial charge in [-0.1, -0.05) is 12.2 Å². The second kappa shape index (κ2) is 6.88. The van der Waals surface area contributed by atoms with Gasteiger partial charge in [0.05, 0.1) is 11.8 Å². The van der Waals surface area contributed by atoms with Crippen molar-refractivity contribution in [3.05, 3.63) is 12.2 Å². The van der Waals surface area contributed by atoms with Crippen LogP contribution in [-0.4, -0.2) is 48.6 Å². The van der Waals surface area contributed by atoms with Gasteiger partial charge in [-0.3, -0.25) is 9.59 Å². The van der Waals surface area contributed by atoms with E-state index in [-0.39, 0.29) is 5.91 Å². The van der Waals surface area contributed by atoms with Gasteiger partial charge in [-0.25, -0.2) is 0 Å². The number of nitrogens with one attached hydrogen (secondary N) is 1. The Morgan fingerprint density at radius 3 is 2.40 bits per heavy atom. The Bertz CT molecular complexity index is 387. The van der Waals surface area contributed by atoms with Crippen molar-refractivity contribution in [3.8, 4) is 0 Å². The Labute approximate surface area is 120 Å². The van der Waals surface area contributed by atoms with E-state index < -0.39 is 17.8 Å². The van der Waals surface area contributed by atoms with Crippen LogP contribution in [0.2, 0.25) is 0 Å². The van der Waals surface area contributed by atoms with Gasteiger partial charge in [0.25, 0.3) is 0 Å². The van der Waals surface area contributed by atoms with Gasteiger partial charge in [0.15, 0.2) is 0 Å². The van der Waals surface area contributed by atoms with E-state index in [1.165, 1.54) is 0 Å². The first-order chi connectivity index (χ1) is 9.58. The molecule has 2 rings (SSSR count). The third kappa shape index (κ3) is 3.82. The van der Waals surface area contributed by atoms with Crippen molar-refractivity contribution in [3.63, 3.8) is 0 Å². The van der Waals surface area contributed by atoms with E-state index in [1.54, 1.807) is 0 Å². The molecule has 0 bridgehead atoms. The van der Waals surface area contributed by atoms with E-state index >= 15 is 0 Å². The highest BCUT2D eigenvalue weighted by Crippen LogP contribution is 2.26. The summed E-state index contributed by atoms with van der Waals surface area (Å²) in [5, 5.41) is 12.2. The number of hydrogen-bond acceptors (Lipinski definition) is 3. The Morgan fingerprint density at radius 1 is 1.20 bits per heavy atom. The molecule has 0 aromatic carbocycles. The number of carbonyl (C=O) groups is 2. The van der Waals surface area contributed by atoms with Crippen LogP contribution in [0.25, 0.3) is 0 Å². The summed E-state index contributed by atoms with van der Waals surface area (Å²) in [5.74, 6) is -1.42. The quantitative estimate of drug-likeness (QED) is 0.757. The van der Waals surface area contributed by atoms with Crippen molar-refractivity contribution in [1.82, 2.24) is 10.2 Å². The number of rotatable bonds is 4. The lowest BCUT2D eigenvalue weighted by atomic mass is 9.82. The maximum absolute atomic E-state index is 12.2. The van der Waals surface area contributed by atoms with Crippen LogP contribution in [-0.2, 0) is 9.59 Å². The van der Waals surface area contributed by atoms with Crippen molar-refractivity contribution in [2.45, 2.75) is 25.7 Å². The Morgan fingerprint density at radius 2 is 1.80 bits per heavy atom. The Balaban J connectivity index is 1.81. The van der Waals surface area contributed by atoms with Crippen LogP contribution in [0, 0.1) is 17.8 Å². The standard InChI is InChI=1S/C15H24N2O3/c1-17-8-6-11(7-9-17)10-16-14(18)12-4-2-3-5-13(12)15(19)20/h2-3,11-13H,4-10H2,1H3,(H,16,18)(H,19,20)/t12-,13+/m1/s1. The molecular weight excluding hydrogens is 256 g/mol. The van der Waals surface area contributed by atoms with E-state index in [0.717, 1.165) is 25.9 Å². The molecule has 2 aliphatic rings. The number of carbonyl (C=O) groups excluding carboxylic acids is 1. The molecular formula is C15H24N2O3. The van der Waals surface area contributed by atoms with E-state index in [2.05, 4.69) is 17.3 Å². The summed E-state index contributed by atoms with van der Waals surface area (Å²) in [6.45, 7) is 2.83. The summed E-state index contributed by atoms with van der Waals surface area (Å²) >= 11 is 0. The van der Waals surface area contributed by atoms with Gasteiger partial charge in [0.2, 0.25) is 5.91 Å². The predicted octanol–water partition coefficient (Wildman–Crippen LogP) is 1.11. The van der Waals surface area contributed by atoms with Crippen LogP contribution in [0.15, 0.2) is 12.2 Å². The summed E-state index contributed by atoms with van der Waals surface area (Å²) < 4.78 is 0. The van der Waals surface area contributed by atoms with Gasteiger partial charge in [0.1, 0.15) is 0 Å². The van der Waals surface area contributed by atoms with Crippen LogP contribution >= 0.6 is 0 Å². The fraction of sp³-hybridized carbons (Fsp3) is 0.733. The minimum atomic E-state index is -0.867. The largest absolute Gasteiger partial charge is 0.481 e. The molecule has 0 aromatic heterocycles. The molecule has 112 valence electrons. The monoisotopic (exact) mass is 280 g/mol. The van der Waals surface area contributed by atoms with Gasteiger partial charge in [-0.15, -0.1) is 0 Å². The van der Waals surface area contributed by atoms with Crippen molar-refractivity contribution >= 4 is 11.9 Å². The summed E-state index contributed by atoms with van der Waals surface area (Å²) in [7, 11) is 2.11. The molecule has 5 heteroatoms. The Hall–Kier alpha value is -1.36. The van der Waals surface area contributed by atoms with E-state index in [0.29, 0.717) is 25.3 Å². The SMILES string of the molecule is CN1CCC(CNC(=O)[C@@H]2CC=CC[C@@H]2C(=O)O)CC1. The lowest BCUT2D eigenvalue weighted by Gasteiger charge is -2.30. The number of carboxylic acid groups (broad SMARTS) is 1. The second-order valence-corrected chi connectivity index (χ2v) is 5.99. The number of amides is 1. The lowest BCUT2D eigenvalue weighted by Crippen LogP contribution is -2.42. The number of nitrogens with zero attached hydrogens (tertiary/aromatic N) is 1. The maximum Gasteiger partial charge on any atom is 0.307 e. The van der Waals surface area contributed by atoms with Crippen molar-refractivity contribution in [2.75, 3.05) is 26.7 Å². The van der Waals surface area contributed by atoms with Gasteiger partial charge >= 0.3 is 5.97 Å². The smallest absolute Gasteiger partial charge is 0.307 e. The van der Waals surface area contributed by atoms with Crippen molar-refractivity contribution in [1.29, 1.82) is 0 Å². The van der Waals surface area contributed by atoms with Gasteiger partial charge < -0.3 is 15.3 Å². The molecule has 1 aliphatic heterocycles. The molecule has 1 amide bonds. The normalized spacial score (nSPS) is 28.2. The molecule has 0 saturated carbocycles. The number of allylic oxidation sites excluding steroid dienone is 2. The molecule has 5 nitrogen and oxygen atoms in total. The first-order valence-corrected chi connectivity index (χ1v) is 7.42. The van der Waals surface area contributed by atoms with Crippen LogP contribution in [0.5, 0.6) is 0 Å². The fourth-order valence-electron chi connectivity index (χ4n) is 3.02. The highest BCUT2D eigenvalue weighted by Gasteiger charge is 2.34. The van der Waals surface area contributed by atoms with E-state index in [1.807, 2.05) is 12.2 Å². The average Bonchev–Trinajstić information content (AvgIpc) is 2.46. The molecule has 1 saturated heterocycles. The average molecular weight is 280 g/mol. The molecule has 0 aromatic rings. The topological polar surface area (TPSA) is 69.6 Å². The molecule has 0 unspecified atom stereocenters. The number of hydrogen-bond donors (Lipinski definition) is 2. The molecule has 20 heavy (non-hydrogen) atoms. The maximum atomic E-state index is 12.2. The predicted molar refractivity (Wildman–Crippen MR) is 76.2 cm³/mol. The molecule has 2 N–H and O–H groups in total. The zero-order valence-corrected chi connectivity index (χ0v) is 12.0. The van der Waals surface area contributed by atoms with Crippen LogP contribution in [0.3, 0.4) is 0 Å². The second-order valence-electron chi connectivity index (χ2n) is 5.99. The Kier molecular flexibility index (Phi) is 5.17. The van der Waals surface area contributed by atoms with Crippen molar-refractivity contribution in [2.24, 2.45) is 17.8 Å². The fourth-order valence-corrected chi connectivity index (χ4v) is 3.02. The molecule has 2 atom stereocenters. The van der Waals surface area contributed by atoms with E-state index in [4.69, 9.17) is 0 Å². The molecule has 1 aliphatic carbocycles. The zero-order chi connectivity index (χ0) is 14.5. The molecule has 1 heterocycles. The number of likely N-dealkylation sites (tertiary alicyclic amines) is 1. The first kappa shape index (κ1) is 15.0. The molecule has 0 radical (unpaired) electrons. The van der Waals surface area contributed by atoms with Gasteiger partial charge in [-0.2, -0.15) is 0 Å². The minimum absolute atomic E-state index is 0.0966. The molecule has 0 spiro atoms. The van der Waals surface area contributed by atoms with Gasteiger partial charge in [0, 0.05) is 6.54 Å². The molecule has 1 fully saturated rings. The van der Waals surface area contributed by atoms with Crippen LogP contribution in [0.4, 0.5) is 0 Å². The zero-order valence-electron chi connectivity index (χ0n) is 12.0. The third-order valence-electron chi connectivity index (χ3n) is 4.49. The minimum Gasteiger partial charge on any atom is -0.481 e. The summed E-state index contributed by atoms with van der Waals surface area (Å²) in [6.07, 6.45) is 6.98. The number of aliphatic carboxylic acids is 1. The summed E-state index contributed by atoms with van der Waals surface area (Å²) in [4.78, 5) is 25.7. The van der Waals surface area contributed by atoms with E-state index in [9.17, 15) is 14.7 Å². The highest BCUT2D eigenvalue weighted by atomic mass is 16.4. The lowest BCUT2D eigenvalue weighted by molar-refractivity contribution is -0.147. The van der Waals surface area contributed by atoms with Crippen molar-refractivity contribution < 1.29 is 14.7 Å². The third-order valence-corrected chi connectivity index (χ3v) is 4.49. The number of carboxylic acids is 1. The van der Waals surface area contributed by atoms with Gasteiger partial charge in [-0.05, 0) is 51.7 Å². The summed E-state index contributed by atoms with van der Waals surface area (Å²) in [6, 6.07) is 0. The number of piperidine rings is 1. The summed E-state index contributed by atoms with van der Waals surface area (Å²) in [5.41, 5.74) is 0.